The molecular weight excluding hydrogens is 392 g/mol. The van der Waals surface area contributed by atoms with Crippen LogP contribution in [-0.2, 0) is 9.53 Å². The van der Waals surface area contributed by atoms with E-state index < -0.39 is 11.6 Å². The summed E-state index contributed by atoms with van der Waals surface area (Å²) in [6.07, 6.45) is 1.45. The summed E-state index contributed by atoms with van der Waals surface area (Å²) < 4.78 is 10.9. The number of cyclic esters (lactones) is 1. The molecule has 1 aliphatic heterocycles. The van der Waals surface area contributed by atoms with Crippen LogP contribution in [0.5, 0.6) is 0 Å². The van der Waals surface area contributed by atoms with Gasteiger partial charge < -0.3 is 14.1 Å². The minimum absolute atomic E-state index is 0.0912. The predicted octanol–water partition coefficient (Wildman–Crippen LogP) is 4.51. The normalized spacial score (nSPS) is 14.7. The molecule has 0 fully saturated rings. The van der Waals surface area contributed by atoms with Crippen LogP contribution in [0.2, 0.25) is 0 Å². The van der Waals surface area contributed by atoms with Crippen molar-refractivity contribution in [3.63, 3.8) is 0 Å². The monoisotopic (exact) mass is 412 g/mol. The highest BCUT2D eigenvalue weighted by molar-refractivity contribution is 6.11. The third-order valence-corrected chi connectivity index (χ3v) is 5.24. The molecule has 0 radical (unpaired) electrons. The van der Waals surface area contributed by atoms with Gasteiger partial charge in [-0.1, -0.05) is 30.3 Å². The van der Waals surface area contributed by atoms with E-state index in [1.165, 1.54) is 6.08 Å². The minimum Gasteiger partial charge on any atom is -0.422 e. The van der Waals surface area contributed by atoms with Crippen LogP contribution in [-0.4, -0.2) is 19.1 Å². The van der Waals surface area contributed by atoms with Crippen LogP contribution in [0.25, 0.3) is 22.6 Å². The summed E-state index contributed by atoms with van der Waals surface area (Å²) in [6.45, 7) is 5.82. The van der Waals surface area contributed by atoms with Gasteiger partial charge in [-0.05, 0) is 43.7 Å². The average molecular weight is 412 g/mol. The summed E-state index contributed by atoms with van der Waals surface area (Å²) in [5, 5.41) is 10.2. The molecule has 0 amide bonds. The van der Waals surface area contributed by atoms with Crippen molar-refractivity contribution in [1.29, 1.82) is 5.26 Å². The number of hydrogen-bond acceptors (Lipinski definition) is 6. The zero-order valence-electron chi connectivity index (χ0n) is 17.2. The molecule has 31 heavy (non-hydrogen) atoms. The van der Waals surface area contributed by atoms with E-state index in [-0.39, 0.29) is 16.9 Å². The summed E-state index contributed by atoms with van der Waals surface area (Å²) >= 11 is 0. The molecule has 0 aliphatic carbocycles. The number of esters is 1. The summed E-state index contributed by atoms with van der Waals surface area (Å²) in [5.74, 6) is -0.583. The molecule has 1 aliphatic rings. The average Bonchev–Trinajstić information content (AvgIpc) is 3.10. The second-order valence-electron chi connectivity index (χ2n) is 7.01. The second kappa shape index (κ2) is 8.33. The second-order valence-corrected chi connectivity index (χ2v) is 7.01. The van der Waals surface area contributed by atoms with E-state index in [9.17, 15) is 14.9 Å². The van der Waals surface area contributed by atoms with E-state index in [0.29, 0.717) is 16.7 Å². The number of nitriles is 1. The zero-order chi connectivity index (χ0) is 22.0. The van der Waals surface area contributed by atoms with Crippen LogP contribution in [0.15, 0.2) is 75.1 Å². The van der Waals surface area contributed by atoms with Crippen molar-refractivity contribution >= 4 is 34.3 Å². The topological polar surface area (TPSA) is 83.5 Å². The van der Waals surface area contributed by atoms with Gasteiger partial charge in [0.05, 0.1) is 5.56 Å². The number of nitrogens with zero attached hydrogens (tertiary/aromatic N) is 2. The predicted molar refractivity (Wildman–Crippen MR) is 119 cm³/mol. The lowest BCUT2D eigenvalue weighted by molar-refractivity contribution is -0.132. The number of fused-ring (bicyclic) bond motifs is 1. The Hall–Kier alpha value is -4.11. The third-order valence-electron chi connectivity index (χ3n) is 5.24. The first-order valence-electron chi connectivity index (χ1n) is 10.0. The van der Waals surface area contributed by atoms with E-state index in [1.54, 1.807) is 30.3 Å². The van der Waals surface area contributed by atoms with Crippen molar-refractivity contribution in [2.24, 2.45) is 0 Å². The Morgan fingerprint density at radius 2 is 1.77 bits per heavy atom. The lowest BCUT2D eigenvalue weighted by Crippen LogP contribution is -2.21. The molecule has 0 atom stereocenters. The van der Waals surface area contributed by atoms with Gasteiger partial charge in [0.25, 0.3) is 0 Å². The Bertz CT molecular complexity index is 1320. The SMILES string of the molecule is CCN(CC)c1ccc2cc(/C=C3/OC(=O)C(C#N)=C3c3ccccc3)c(=O)oc2c1. The molecule has 2 aromatic carbocycles. The van der Waals surface area contributed by atoms with E-state index in [0.717, 1.165) is 24.2 Å². The number of allylic oxidation sites excluding steroid dienone is 1. The van der Waals surface area contributed by atoms with E-state index in [1.807, 2.05) is 30.3 Å². The molecule has 154 valence electrons. The fourth-order valence-electron chi connectivity index (χ4n) is 3.66. The number of carbonyl (C=O) groups is 1. The van der Waals surface area contributed by atoms with Crippen LogP contribution < -0.4 is 10.5 Å². The smallest absolute Gasteiger partial charge is 0.355 e. The summed E-state index contributed by atoms with van der Waals surface area (Å²) in [6, 6.07) is 18.3. The molecular formula is C25H20N2O4. The maximum absolute atomic E-state index is 12.7. The van der Waals surface area contributed by atoms with Crippen molar-refractivity contribution in [3.8, 4) is 6.07 Å². The number of carbonyl (C=O) groups excluding carboxylic acids is 1. The van der Waals surface area contributed by atoms with Crippen molar-refractivity contribution in [2.45, 2.75) is 13.8 Å². The fourth-order valence-corrected chi connectivity index (χ4v) is 3.66. The van der Waals surface area contributed by atoms with Gasteiger partial charge in [-0.2, -0.15) is 5.26 Å². The van der Waals surface area contributed by atoms with E-state index >= 15 is 0 Å². The Balaban J connectivity index is 1.82. The number of anilines is 1. The highest BCUT2D eigenvalue weighted by Gasteiger charge is 2.31. The Morgan fingerprint density at radius 1 is 1.03 bits per heavy atom. The van der Waals surface area contributed by atoms with Crippen LogP contribution >= 0.6 is 0 Å². The molecule has 6 heteroatoms. The molecule has 4 rings (SSSR count). The quantitative estimate of drug-likeness (QED) is 0.453. The van der Waals surface area contributed by atoms with Gasteiger partial charge in [-0.3, -0.25) is 0 Å². The van der Waals surface area contributed by atoms with Gasteiger partial charge in [0.1, 0.15) is 23.0 Å². The van der Waals surface area contributed by atoms with Crippen LogP contribution in [0.3, 0.4) is 0 Å². The third kappa shape index (κ3) is 3.74. The number of ether oxygens (including phenoxy) is 1. The van der Waals surface area contributed by atoms with Crippen molar-refractivity contribution in [2.75, 3.05) is 18.0 Å². The standard InChI is InChI=1S/C25H20N2O4/c1-3-27(4-2)19-11-10-17-12-18(24(28)30-21(17)14-19)13-22-23(16-8-6-5-7-9-16)20(15-26)25(29)31-22/h5-14H,3-4H2,1-2H3/b22-13+. The largest absolute Gasteiger partial charge is 0.422 e. The Kier molecular flexibility index (Phi) is 5.42. The number of benzene rings is 2. The van der Waals surface area contributed by atoms with Gasteiger partial charge in [0.2, 0.25) is 0 Å². The first kappa shape index (κ1) is 20.2. The Labute approximate surface area is 179 Å². The summed E-state index contributed by atoms with van der Waals surface area (Å²) in [4.78, 5) is 27.0. The maximum atomic E-state index is 12.7. The van der Waals surface area contributed by atoms with Crippen molar-refractivity contribution in [1.82, 2.24) is 0 Å². The van der Waals surface area contributed by atoms with E-state index in [4.69, 9.17) is 9.15 Å². The molecule has 0 spiro atoms. The van der Waals surface area contributed by atoms with Gasteiger partial charge in [-0.15, -0.1) is 0 Å². The Morgan fingerprint density at radius 3 is 2.45 bits per heavy atom. The fraction of sp³-hybridized carbons (Fsp3) is 0.160. The van der Waals surface area contributed by atoms with Gasteiger partial charge in [-0.25, -0.2) is 9.59 Å². The molecule has 0 unspecified atom stereocenters. The highest BCUT2D eigenvalue weighted by atomic mass is 16.5. The first-order chi connectivity index (χ1) is 15.0. The zero-order valence-corrected chi connectivity index (χ0v) is 17.2. The van der Waals surface area contributed by atoms with Crippen LogP contribution in [0, 0.1) is 11.3 Å². The van der Waals surface area contributed by atoms with Crippen molar-refractivity contribution < 1.29 is 13.9 Å². The molecule has 1 aromatic heterocycles. The van der Waals surface area contributed by atoms with Crippen LogP contribution in [0.4, 0.5) is 5.69 Å². The molecule has 2 heterocycles. The summed E-state index contributed by atoms with van der Waals surface area (Å²) in [5.41, 5.74) is 2.08. The first-order valence-corrected chi connectivity index (χ1v) is 10.0. The van der Waals surface area contributed by atoms with Crippen molar-refractivity contribution in [3.05, 3.63) is 87.5 Å². The van der Waals surface area contributed by atoms with Gasteiger partial charge in [0.15, 0.2) is 0 Å². The molecule has 3 aromatic rings. The highest BCUT2D eigenvalue weighted by Crippen LogP contribution is 2.35. The maximum Gasteiger partial charge on any atom is 0.355 e. The number of rotatable bonds is 5. The minimum atomic E-state index is -0.735. The number of hydrogen-bond donors (Lipinski definition) is 0. The van der Waals surface area contributed by atoms with Crippen LogP contribution in [0.1, 0.15) is 25.0 Å². The molecule has 0 saturated carbocycles. The summed E-state index contributed by atoms with van der Waals surface area (Å²) in [7, 11) is 0. The van der Waals surface area contributed by atoms with Gasteiger partial charge >= 0.3 is 11.6 Å². The lowest BCUT2D eigenvalue weighted by Gasteiger charge is -2.20. The molecule has 0 saturated heterocycles. The van der Waals surface area contributed by atoms with Gasteiger partial charge in [0, 0.05) is 35.8 Å². The molecule has 0 bridgehead atoms. The molecule has 0 N–H and O–H groups in total. The van der Waals surface area contributed by atoms with E-state index in [2.05, 4.69) is 18.7 Å². The molecule has 6 nitrogen and oxygen atoms in total. The lowest BCUT2D eigenvalue weighted by atomic mass is 9.99.